The third-order valence-corrected chi connectivity index (χ3v) is 4.96. The van der Waals surface area contributed by atoms with Crippen molar-refractivity contribution in [2.24, 2.45) is 0 Å². The molecule has 27 heavy (non-hydrogen) atoms. The second kappa shape index (κ2) is 8.74. The van der Waals surface area contributed by atoms with Gasteiger partial charge in [0.05, 0.1) is 4.90 Å². The average molecular weight is 394 g/mol. The minimum atomic E-state index is -4.02. The molecule has 0 unspecified atom stereocenters. The molecule has 0 spiro atoms. The highest BCUT2D eigenvalue weighted by Gasteiger charge is 2.27. The van der Waals surface area contributed by atoms with E-state index in [1.54, 1.807) is 30.3 Å². The first-order valence-electron chi connectivity index (χ1n) is 7.91. The maximum Gasteiger partial charge on any atom is 0.322 e. The van der Waals surface area contributed by atoms with Crippen LogP contribution in [0.2, 0.25) is 0 Å². The second-order valence-corrected chi connectivity index (χ2v) is 7.56. The fourth-order valence-electron chi connectivity index (χ4n) is 2.15. The lowest BCUT2D eigenvalue weighted by Crippen LogP contribution is -2.35. The highest BCUT2D eigenvalue weighted by atomic mass is 32.2. The molecule has 0 saturated heterocycles. The number of halogens is 1. The Hall–Kier alpha value is -2.78. The monoisotopic (exact) mass is 394 g/mol. The predicted molar refractivity (Wildman–Crippen MR) is 95.6 cm³/mol. The fraction of sp³-hybridized carbons (Fsp3) is 0.222. The lowest BCUT2D eigenvalue weighted by atomic mass is 10.1. The number of amides is 1. The summed E-state index contributed by atoms with van der Waals surface area (Å²) in [5.41, 5.74) is 0.464. The topological polar surface area (TPSA) is 92.8 Å². The van der Waals surface area contributed by atoms with Crippen molar-refractivity contribution in [2.45, 2.75) is 11.0 Å². The first-order chi connectivity index (χ1) is 12.7. The Balaban J connectivity index is 2.07. The number of esters is 1. The molecule has 0 fully saturated rings. The van der Waals surface area contributed by atoms with Crippen LogP contribution in [-0.4, -0.2) is 45.8 Å². The number of nitrogens with zero attached hydrogens (tertiary/aromatic N) is 1. The van der Waals surface area contributed by atoms with Crippen LogP contribution >= 0.6 is 0 Å². The van der Waals surface area contributed by atoms with Crippen LogP contribution in [-0.2, 0) is 24.3 Å². The quantitative estimate of drug-likeness (QED) is 0.718. The Morgan fingerprint density at radius 3 is 2.22 bits per heavy atom. The van der Waals surface area contributed by atoms with Crippen LogP contribution in [0.5, 0.6) is 0 Å². The standard InChI is InChI=1S/C18H19FN2O5S/c1-21(2)18(23)17(13-6-4-3-5-7-13)26-16(22)12-20-27(24,25)15-10-8-14(19)9-11-15/h3-11,17,20H,12H2,1-2H3/t17-/m1/s1. The summed E-state index contributed by atoms with van der Waals surface area (Å²) in [5.74, 6) is -1.97. The highest BCUT2D eigenvalue weighted by Crippen LogP contribution is 2.19. The molecule has 0 aromatic heterocycles. The summed E-state index contributed by atoms with van der Waals surface area (Å²) in [6, 6.07) is 12.5. The van der Waals surface area contributed by atoms with E-state index >= 15 is 0 Å². The molecule has 9 heteroatoms. The molecular weight excluding hydrogens is 375 g/mol. The molecule has 0 aliphatic carbocycles. The van der Waals surface area contributed by atoms with Crippen LogP contribution in [0.15, 0.2) is 59.5 Å². The van der Waals surface area contributed by atoms with Crippen LogP contribution in [0.4, 0.5) is 4.39 Å². The Labute approximate surface area is 156 Å². The van der Waals surface area contributed by atoms with Crippen molar-refractivity contribution < 1.29 is 27.1 Å². The van der Waals surface area contributed by atoms with Crippen LogP contribution in [0.25, 0.3) is 0 Å². The summed E-state index contributed by atoms with van der Waals surface area (Å²) in [6.45, 7) is -0.677. The Morgan fingerprint density at radius 2 is 1.67 bits per heavy atom. The number of likely N-dealkylation sites (N-methyl/N-ethyl adjacent to an activating group) is 1. The Morgan fingerprint density at radius 1 is 1.07 bits per heavy atom. The summed E-state index contributed by atoms with van der Waals surface area (Å²) in [7, 11) is -0.988. The predicted octanol–water partition coefficient (Wildman–Crippen LogP) is 1.48. The molecule has 0 saturated carbocycles. The van der Waals surface area contributed by atoms with Gasteiger partial charge in [0.15, 0.2) is 0 Å². The number of sulfonamides is 1. The number of nitrogens with one attached hydrogen (secondary N) is 1. The lowest BCUT2D eigenvalue weighted by Gasteiger charge is -2.21. The zero-order valence-electron chi connectivity index (χ0n) is 14.8. The number of benzene rings is 2. The van der Waals surface area contributed by atoms with Crippen molar-refractivity contribution in [1.29, 1.82) is 0 Å². The van der Waals surface area contributed by atoms with Gasteiger partial charge in [0.1, 0.15) is 12.4 Å². The van der Waals surface area contributed by atoms with Gasteiger partial charge in [-0.3, -0.25) is 9.59 Å². The van der Waals surface area contributed by atoms with Gasteiger partial charge in [0.25, 0.3) is 5.91 Å². The van der Waals surface area contributed by atoms with Crippen molar-refractivity contribution in [1.82, 2.24) is 9.62 Å². The van der Waals surface area contributed by atoms with Crippen molar-refractivity contribution >= 4 is 21.9 Å². The molecule has 1 amide bonds. The highest BCUT2D eigenvalue weighted by molar-refractivity contribution is 7.89. The lowest BCUT2D eigenvalue weighted by molar-refractivity contribution is -0.158. The summed E-state index contributed by atoms with van der Waals surface area (Å²) >= 11 is 0. The third kappa shape index (κ3) is 5.60. The summed E-state index contributed by atoms with van der Waals surface area (Å²) in [4.78, 5) is 25.5. The van der Waals surface area contributed by atoms with Gasteiger partial charge in [0.2, 0.25) is 16.1 Å². The SMILES string of the molecule is CN(C)C(=O)[C@H](OC(=O)CNS(=O)(=O)c1ccc(F)cc1)c1ccccc1. The van der Waals surface area contributed by atoms with E-state index in [9.17, 15) is 22.4 Å². The van der Waals surface area contributed by atoms with Gasteiger partial charge < -0.3 is 9.64 Å². The van der Waals surface area contributed by atoms with Gasteiger partial charge in [0, 0.05) is 19.7 Å². The maximum atomic E-state index is 12.9. The van der Waals surface area contributed by atoms with E-state index in [0.29, 0.717) is 5.56 Å². The molecule has 1 N–H and O–H groups in total. The van der Waals surface area contributed by atoms with E-state index < -0.39 is 40.4 Å². The first-order valence-corrected chi connectivity index (χ1v) is 9.40. The van der Waals surface area contributed by atoms with Gasteiger partial charge in [-0.05, 0) is 24.3 Å². The Bertz CT molecular complexity index is 899. The van der Waals surface area contributed by atoms with Crippen LogP contribution in [0.3, 0.4) is 0 Å². The molecule has 0 aliphatic rings. The zero-order valence-corrected chi connectivity index (χ0v) is 15.6. The van der Waals surface area contributed by atoms with E-state index in [1.165, 1.54) is 19.0 Å². The van der Waals surface area contributed by atoms with Gasteiger partial charge in [-0.2, -0.15) is 4.72 Å². The van der Waals surface area contributed by atoms with Crippen LogP contribution in [0, 0.1) is 5.82 Å². The number of hydrogen-bond acceptors (Lipinski definition) is 5. The van der Waals surface area contributed by atoms with Crippen LogP contribution in [0.1, 0.15) is 11.7 Å². The number of hydrogen-bond donors (Lipinski definition) is 1. The summed E-state index contributed by atoms with van der Waals surface area (Å²) in [6.07, 6.45) is -1.19. The molecule has 0 aliphatic heterocycles. The van der Waals surface area contributed by atoms with Crippen LogP contribution < -0.4 is 4.72 Å². The molecule has 2 aromatic rings. The van der Waals surface area contributed by atoms with Gasteiger partial charge in [-0.25, -0.2) is 12.8 Å². The molecule has 1 atom stereocenters. The zero-order chi connectivity index (χ0) is 20.0. The van der Waals surface area contributed by atoms with Crippen molar-refractivity contribution in [3.63, 3.8) is 0 Å². The molecule has 0 radical (unpaired) electrons. The van der Waals surface area contributed by atoms with Gasteiger partial charge in [-0.15, -0.1) is 0 Å². The third-order valence-electron chi connectivity index (χ3n) is 3.55. The van der Waals surface area contributed by atoms with E-state index in [1.807, 2.05) is 0 Å². The largest absolute Gasteiger partial charge is 0.446 e. The first kappa shape index (κ1) is 20.5. The number of carbonyl (C=O) groups is 2. The molecule has 2 aromatic carbocycles. The van der Waals surface area contributed by atoms with E-state index in [0.717, 1.165) is 24.3 Å². The van der Waals surface area contributed by atoms with E-state index in [-0.39, 0.29) is 4.90 Å². The minimum absolute atomic E-state index is 0.194. The van der Waals surface area contributed by atoms with Gasteiger partial charge >= 0.3 is 5.97 Å². The van der Waals surface area contributed by atoms with E-state index in [4.69, 9.17) is 4.74 Å². The smallest absolute Gasteiger partial charge is 0.322 e. The number of carbonyl (C=O) groups excluding carboxylic acids is 2. The molecule has 144 valence electrons. The molecule has 2 rings (SSSR count). The summed E-state index contributed by atoms with van der Waals surface area (Å²) < 4.78 is 44.4. The van der Waals surface area contributed by atoms with Crippen molar-refractivity contribution in [3.05, 3.63) is 66.0 Å². The minimum Gasteiger partial charge on any atom is -0.446 e. The molecular formula is C18H19FN2O5S. The summed E-state index contributed by atoms with van der Waals surface area (Å²) in [5, 5.41) is 0. The second-order valence-electron chi connectivity index (χ2n) is 5.79. The molecule has 0 heterocycles. The Kier molecular flexibility index (Phi) is 6.65. The normalized spacial score (nSPS) is 12.3. The van der Waals surface area contributed by atoms with Gasteiger partial charge in [-0.1, -0.05) is 30.3 Å². The van der Waals surface area contributed by atoms with Crippen molar-refractivity contribution in [2.75, 3.05) is 20.6 Å². The van der Waals surface area contributed by atoms with E-state index in [2.05, 4.69) is 4.72 Å². The molecule has 0 bridgehead atoms. The molecule has 7 nitrogen and oxygen atoms in total. The van der Waals surface area contributed by atoms with Crippen molar-refractivity contribution in [3.8, 4) is 0 Å². The maximum absolute atomic E-state index is 12.9. The number of ether oxygens (including phenoxy) is 1. The fourth-order valence-corrected chi connectivity index (χ4v) is 3.12. The number of rotatable bonds is 7. The average Bonchev–Trinajstić information content (AvgIpc) is 2.65.